The van der Waals surface area contributed by atoms with E-state index in [0.29, 0.717) is 18.4 Å². The molecule has 3 rings (SSSR count). The molecule has 4 heteroatoms. The molecule has 3 nitrogen and oxygen atoms in total. The van der Waals surface area contributed by atoms with Gasteiger partial charge >= 0.3 is 0 Å². The van der Waals surface area contributed by atoms with Gasteiger partial charge in [-0.3, -0.25) is 4.79 Å². The van der Waals surface area contributed by atoms with Crippen LogP contribution in [0.4, 0.5) is 0 Å². The summed E-state index contributed by atoms with van der Waals surface area (Å²) in [5.41, 5.74) is 2.64. The molecule has 1 aromatic carbocycles. The number of carbonyl (C=O) groups excluding carboxylic acids is 1. The van der Waals surface area contributed by atoms with Gasteiger partial charge in [-0.15, -0.1) is 11.3 Å². The lowest BCUT2D eigenvalue weighted by Gasteiger charge is -2.07. The van der Waals surface area contributed by atoms with Crippen LogP contribution < -0.4 is 5.32 Å². The highest BCUT2D eigenvalue weighted by Crippen LogP contribution is 2.47. The van der Waals surface area contributed by atoms with Gasteiger partial charge in [0.25, 0.3) is 0 Å². The molecule has 2 aromatic rings. The molecule has 110 valence electrons. The van der Waals surface area contributed by atoms with E-state index in [4.69, 9.17) is 0 Å². The third-order valence-electron chi connectivity index (χ3n) is 4.06. The van der Waals surface area contributed by atoms with E-state index in [1.165, 1.54) is 11.1 Å². The van der Waals surface area contributed by atoms with E-state index in [1.807, 2.05) is 5.38 Å². The lowest BCUT2D eigenvalue weighted by Crippen LogP contribution is -2.24. The maximum Gasteiger partial charge on any atom is 0.224 e. The van der Waals surface area contributed by atoms with Crippen molar-refractivity contribution in [3.8, 4) is 0 Å². The molecule has 0 saturated heterocycles. The van der Waals surface area contributed by atoms with E-state index in [2.05, 4.69) is 48.4 Å². The number of aromatic nitrogens is 1. The predicted molar refractivity (Wildman–Crippen MR) is 85.3 cm³/mol. The predicted octanol–water partition coefficient (Wildman–Crippen LogP) is 3.69. The summed E-state index contributed by atoms with van der Waals surface area (Å²) in [6, 6.07) is 8.72. The molecular weight excluding hydrogens is 280 g/mol. The van der Waals surface area contributed by atoms with Gasteiger partial charge in [0.15, 0.2) is 0 Å². The minimum Gasteiger partial charge on any atom is -0.349 e. The van der Waals surface area contributed by atoms with Gasteiger partial charge in [-0.1, -0.05) is 38.1 Å². The fraction of sp³-hybridized carbons (Fsp3) is 0.412. The van der Waals surface area contributed by atoms with Gasteiger partial charge in [0.2, 0.25) is 5.91 Å². The highest BCUT2D eigenvalue weighted by molar-refractivity contribution is 7.09. The number of nitrogens with zero attached hydrogens (tertiary/aromatic N) is 1. The van der Waals surface area contributed by atoms with Gasteiger partial charge in [-0.05, 0) is 29.4 Å². The van der Waals surface area contributed by atoms with Crippen molar-refractivity contribution in [2.24, 2.45) is 5.92 Å². The first-order valence-electron chi connectivity index (χ1n) is 7.41. The highest BCUT2D eigenvalue weighted by Gasteiger charge is 2.43. The smallest absolute Gasteiger partial charge is 0.224 e. The number of carbonyl (C=O) groups is 1. The van der Waals surface area contributed by atoms with Crippen molar-refractivity contribution >= 4 is 17.2 Å². The van der Waals surface area contributed by atoms with Crippen LogP contribution in [-0.2, 0) is 11.3 Å². The summed E-state index contributed by atoms with van der Waals surface area (Å²) >= 11 is 1.57. The summed E-state index contributed by atoms with van der Waals surface area (Å²) in [5.74, 6) is 1.23. The first-order valence-corrected chi connectivity index (χ1v) is 8.29. The van der Waals surface area contributed by atoms with Gasteiger partial charge in [0.1, 0.15) is 5.01 Å². The van der Waals surface area contributed by atoms with Crippen molar-refractivity contribution in [3.05, 3.63) is 52.0 Å². The fourth-order valence-electron chi connectivity index (χ4n) is 2.62. The lowest BCUT2D eigenvalue weighted by molar-refractivity contribution is -0.122. The molecule has 1 heterocycles. The minimum atomic E-state index is 0.134. The summed E-state index contributed by atoms with van der Waals surface area (Å²) in [6.45, 7) is 4.94. The van der Waals surface area contributed by atoms with Gasteiger partial charge in [-0.25, -0.2) is 4.98 Å². The van der Waals surface area contributed by atoms with Crippen LogP contribution in [0, 0.1) is 5.92 Å². The van der Waals surface area contributed by atoms with Gasteiger partial charge < -0.3 is 5.32 Å². The second-order valence-electron chi connectivity index (χ2n) is 5.91. The van der Waals surface area contributed by atoms with Crippen LogP contribution in [-0.4, -0.2) is 10.9 Å². The summed E-state index contributed by atoms with van der Waals surface area (Å²) < 4.78 is 0. The Morgan fingerprint density at radius 2 is 2.14 bits per heavy atom. The molecule has 0 unspecified atom stereocenters. The van der Waals surface area contributed by atoms with Crippen LogP contribution >= 0.6 is 11.3 Å². The third-order valence-corrected chi connectivity index (χ3v) is 4.84. The Balaban J connectivity index is 1.54. The van der Waals surface area contributed by atoms with Crippen molar-refractivity contribution in [2.75, 3.05) is 0 Å². The van der Waals surface area contributed by atoms with Gasteiger partial charge in [0.05, 0.1) is 6.54 Å². The van der Waals surface area contributed by atoms with Crippen LogP contribution in [0.2, 0.25) is 0 Å². The Hall–Kier alpha value is -1.68. The molecule has 1 aromatic heterocycles. The summed E-state index contributed by atoms with van der Waals surface area (Å²) in [7, 11) is 0. The molecule has 1 N–H and O–H groups in total. The molecule has 2 atom stereocenters. The standard InChI is InChI=1S/C17H20N2OS/c1-11(2)12-3-5-13(6-4-12)14-9-15(14)17(20)19-10-16-18-7-8-21-16/h3-8,11,14-15H,9-10H2,1-2H3,(H,19,20)/t14-,15-/m1/s1. The first kappa shape index (κ1) is 14.3. The van der Waals surface area contributed by atoms with Crippen LogP contribution in [0.3, 0.4) is 0 Å². The Morgan fingerprint density at radius 1 is 1.38 bits per heavy atom. The number of amides is 1. The summed E-state index contributed by atoms with van der Waals surface area (Å²) in [5, 5.41) is 5.87. The van der Waals surface area contributed by atoms with Crippen molar-refractivity contribution < 1.29 is 4.79 Å². The second-order valence-corrected chi connectivity index (χ2v) is 6.89. The molecule has 0 bridgehead atoms. The maximum atomic E-state index is 12.1. The SMILES string of the molecule is CC(C)c1ccc([C@H]2C[C@H]2C(=O)NCc2nccs2)cc1. The number of thiazole rings is 1. The molecule has 0 aliphatic heterocycles. The zero-order chi connectivity index (χ0) is 14.8. The zero-order valence-electron chi connectivity index (χ0n) is 12.4. The van der Waals surface area contributed by atoms with Crippen LogP contribution in [0.5, 0.6) is 0 Å². The largest absolute Gasteiger partial charge is 0.349 e. The zero-order valence-corrected chi connectivity index (χ0v) is 13.2. The number of benzene rings is 1. The number of nitrogens with one attached hydrogen (secondary N) is 1. The minimum absolute atomic E-state index is 0.134. The van der Waals surface area contributed by atoms with Crippen LogP contribution in [0.25, 0.3) is 0 Å². The van der Waals surface area contributed by atoms with E-state index in [9.17, 15) is 4.79 Å². The van der Waals surface area contributed by atoms with E-state index >= 15 is 0 Å². The normalized spacial score (nSPS) is 20.5. The van der Waals surface area contributed by atoms with E-state index in [1.54, 1.807) is 17.5 Å². The first-order chi connectivity index (χ1) is 10.1. The number of rotatable bonds is 5. The molecule has 21 heavy (non-hydrogen) atoms. The Labute approximate surface area is 129 Å². The Bertz CT molecular complexity index is 604. The summed E-state index contributed by atoms with van der Waals surface area (Å²) in [4.78, 5) is 16.3. The van der Waals surface area contributed by atoms with Crippen molar-refractivity contribution in [3.63, 3.8) is 0 Å². The topological polar surface area (TPSA) is 42.0 Å². The number of hydrogen-bond acceptors (Lipinski definition) is 3. The highest BCUT2D eigenvalue weighted by atomic mass is 32.1. The third kappa shape index (κ3) is 3.32. The van der Waals surface area contributed by atoms with Crippen molar-refractivity contribution in [2.45, 2.75) is 38.6 Å². The van der Waals surface area contributed by atoms with Crippen LogP contribution in [0.1, 0.15) is 48.2 Å². The maximum absolute atomic E-state index is 12.1. The molecule has 1 aliphatic rings. The summed E-state index contributed by atoms with van der Waals surface area (Å²) in [6.07, 6.45) is 2.73. The number of hydrogen-bond donors (Lipinski definition) is 1. The van der Waals surface area contributed by atoms with Gasteiger partial charge in [0, 0.05) is 17.5 Å². The molecule has 1 aliphatic carbocycles. The average Bonchev–Trinajstić information content (AvgIpc) is 3.12. The Morgan fingerprint density at radius 3 is 2.76 bits per heavy atom. The van der Waals surface area contributed by atoms with E-state index in [0.717, 1.165) is 11.4 Å². The van der Waals surface area contributed by atoms with E-state index < -0.39 is 0 Å². The van der Waals surface area contributed by atoms with E-state index in [-0.39, 0.29) is 11.8 Å². The quantitative estimate of drug-likeness (QED) is 0.915. The lowest BCUT2D eigenvalue weighted by atomic mass is 10.00. The molecule has 0 spiro atoms. The Kier molecular flexibility index (Phi) is 4.06. The fourth-order valence-corrected chi connectivity index (χ4v) is 3.17. The molecule has 1 fully saturated rings. The van der Waals surface area contributed by atoms with Crippen molar-refractivity contribution in [1.29, 1.82) is 0 Å². The molecule has 1 amide bonds. The van der Waals surface area contributed by atoms with Crippen LogP contribution in [0.15, 0.2) is 35.8 Å². The average molecular weight is 300 g/mol. The second kappa shape index (κ2) is 5.98. The van der Waals surface area contributed by atoms with Crippen molar-refractivity contribution in [1.82, 2.24) is 10.3 Å². The molecule has 0 radical (unpaired) electrons. The molecular formula is C17H20N2OS. The monoisotopic (exact) mass is 300 g/mol. The molecule has 1 saturated carbocycles. The van der Waals surface area contributed by atoms with Gasteiger partial charge in [-0.2, -0.15) is 0 Å².